The minimum atomic E-state index is -0.278. The maximum Gasteiger partial charge on any atom is 0.256 e. The highest BCUT2D eigenvalue weighted by molar-refractivity contribution is 6.42. The van der Waals surface area contributed by atoms with Crippen LogP contribution < -0.4 is 0 Å². The van der Waals surface area contributed by atoms with Crippen molar-refractivity contribution in [3.05, 3.63) is 105 Å². The van der Waals surface area contributed by atoms with Gasteiger partial charge >= 0.3 is 0 Å². The number of hydrogen-bond acceptors (Lipinski definition) is 2. The molecular weight excluding hydrogens is 529 g/mol. The summed E-state index contributed by atoms with van der Waals surface area (Å²) in [5.41, 5.74) is 3.40. The highest BCUT2D eigenvalue weighted by atomic mass is 35.5. The molecule has 0 unspecified atom stereocenters. The minimum absolute atomic E-state index is 0.0725. The molecule has 0 radical (unpaired) electrons. The summed E-state index contributed by atoms with van der Waals surface area (Å²) >= 11 is 18.6. The lowest BCUT2D eigenvalue weighted by atomic mass is 10.1. The van der Waals surface area contributed by atoms with Gasteiger partial charge in [-0.05, 0) is 61.7 Å². The van der Waals surface area contributed by atoms with E-state index in [1.54, 1.807) is 46.2 Å². The van der Waals surface area contributed by atoms with Crippen LogP contribution in [0, 0.1) is 0 Å². The van der Waals surface area contributed by atoms with Crippen molar-refractivity contribution in [2.75, 3.05) is 13.1 Å². The van der Waals surface area contributed by atoms with Gasteiger partial charge < -0.3 is 14.8 Å². The second-order valence-corrected chi connectivity index (χ2v) is 10.4. The molecule has 0 aliphatic carbocycles. The highest BCUT2D eigenvalue weighted by Crippen LogP contribution is 2.24. The van der Waals surface area contributed by atoms with Gasteiger partial charge in [0.05, 0.1) is 20.6 Å². The zero-order valence-electron chi connectivity index (χ0n) is 20.7. The second-order valence-electron chi connectivity index (χ2n) is 9.18. The normalized spacial score (nSPS) is 11.2. The van der Waals surface area contributed by atoms with Crippen molar-refractivity contribution in [3.63, 3.8) is 0 Å². The molecule has 1 N–H and O–H groups in total. The standard InChI is InChI=1S/C29H28Cl3N3O2/c1-19(2)35(29(37)23-8-3-5-9-24(23)30)18-28(36)34(17-20-11-12-25(31)26(32)15-20)14-13-21-16-33-27-10-6-4-7-22(21)27/h3-12,15-16,19,33H,13-14,17-18H2,1-2H3. The lowest BCUT2D eigenvalue weighted by molar-refractivity contribution is -0.132. The maximum atomic E-state index is 13.7. The molecule has 0 fully saturated rings. The molecular formula is C29H28Cl3N3O2. The molecule has 3 aromatic carbocycles. The number of aromatic nitrogens is 1. The Hall–Kier alpha value is -2.99. The van der Waals surface area contributed by atoms with Crippen LogP contribution >= 0.6 is 34.8 Å². The highest BCUT2D eigenvalue weighted by Gasteiger charge is 2.26. The SMILES string of the molecule is CC(C)N(CC(=O)N(CCc1c[nH]c2ccccc12)Cc1ccc(Cl)c(Cl)c1)C(=O)c1ccccc1Cl. The van der Waals surface area contributed by atoms with E-state index in [4.69, 9.17) is 34.8 Å². The first kappa shape index (κ1) is 27.1. The summed E-state index contributed by atoms with van der Waals surface area (Å²) in [6.45, 7) is 4.50. The van der Waals surface area contributed by atoms with Crippen LogP contribution in [0.1, 0.15) is 35.3 Å². The van der Waals surface area contributed by atoms with Gasteiger partial charge in [0.2, 0.25) is 5.91 Å². The van der Waals surface area contributed by atoms with Crippen molar-refractivity contribution in [2.45, 2.75) is 32.9 Å². The molecule has 4 aromatic rings. The molecule has 1 heterocycles. The first-order valence-electron chi connectivity index (χ1n) is 12.1. The third-order valence-electron chi connectivity index (χ3n) is 6.33. The number of amides is 2. The van der Waals surface area contributed by atoms with Crippen molar-refractivity contribution in [2.24, 2.45) is 0 Å². The van der Waals surface area contributed by atoms with Gasteiger partial charge in [0.15, 0.2) is 0 Å². The van der Waals surface area contributed by atoms with E-state index in [-0.39, 0.29) is 24.4 Å². The fraction of sp³-hybridized carbons (Fsp3) is 0.241. The lowest BCUT2D eigenvalue weighted by Crippen LogP contribution is -2.46. The van der Waals surface area contributed by atoms with Crippen LogP contribution in [0.4, 0.5) is 0 Å². The minimum Gasteiger partial charge on any atom is -0.361 e. The third-order valence-corrected chi connectivity index (χ3v) is 7.40. The molecule has 5 nitrogen and oxygen atoms in total. The Balaban J connectivity index is 1.57. The molecule has 8 heteroatoms. The monoisotopic (exact) mass is 555 g/mol. The summed E-state index contributed by atoms with van der Waals surface area (Å²) in [5, 5.41) is 2.37. The van der Waals surface area contributed by atoms with Crippen molar-refractivity contribution < 1.29 is 9.59 Å². The number of H-pyrrole nitrogens is 1. The smallest absolute Gasteiger partial charge is 0.256 e. The van der Waals surface area contributed by atoms with Gasteiger partial charge in [0.1, 0.15) is 6.54 Å². The number of para-hydroxylation sites is 1. The molecule has 0 saturated heterocycles. The summed E-state index contributed by atoms with van der Waals surface area (Å²) in [4.78, 5) is 33.6. The van der Waals surface area contributed by atoms with Crippen LogP contribution in [-0.4, -0.2) is 45.7 Å². The van der Waals surface area contributed by atoms with Crippen molar-refractivity contribution >= 4 is 57.5 Å². The Morgan fingerprint density at radius 3 is 2.35 bits per heavy atom. The van der Waals surface area contributed by atoms with Crippen LogP contribution in [0.2, 0.25) is 15.1 Å². The number of rotatable bonds is 9. The quantitative estimate of drug-likeness (QED) is 0.236. The third kappa shape index (κ3) is 6.48. The summed E-state index contributed by atoms with van der Waals surface area (Å²) in [7, 11) is 0. The summed E-state index contributed by atoms with van der Waals surface area (Å²) in [6, 6.07) is 20.1. The number of halogens is 3. The first-order valence-corrected chi connectivity index (χ1v) is 13.2. The van der Waals surface area contributed by atoms with Gasteiger partial charge in [0, 0.05) is 36.2 Å². The number of carbonyl (C=O) groups excluding carboxylic acids is 2. The van der Waals surface area contributed by atoms with Crippen molar-refractivity contribution in [3.8, 4) is 0 Å². The molecule has 1 aromatic heterocycles. The van der Waals surface area contributed by atoms with E-state index < -0.39 is 0 Å². The van der Waals surface area contributed by atoms with Gasteiger partial charge in [-0.2, -0.15) is 0 Å². The first-order chi connectivity index (χ1) is 17.7. The van der Waals surface area contributed by atoms with E-state index in [1.165, 1.54) is 0 Å². The molecule has 0 bridgehead atoms. The second kappa shape index (κ2) is 12.0. The van der Waals surface area contributed by atoms with Gasteiger partial charge in [-0.15, -0.1) is 0 Å². The number of nitrogens with one attached hydrogen (secondary N) is 1. The Morgan fingerprint density at radius 2 is 1.62 bits per heavy atom. The number of aromatic amines is 1. The molecule has 0 atom stereocenters. The number of carbonyl (C=O) groups is 2. The van der Waals surface area contributed by atoms with Crippen molar-refractivity contribution in [1.29, 1.82) is 0 Å². The molecule has 0 spiro atoms. The van der Waals surface area contributed by atoms with E-state index in [0.717, 1.165) is 22.0 Å². The fourth-order valence-corrected chi connectivity index (χ4v) is 4.81. The molecule has 2 amide bonds. The average Bonchev–Trinajstić information content (AvgIpc) is 3.30. The zero-order valence-corrected chi connectivity index (χ0v) is 22.9. The molecule has 4 rings (SSSR count). The topological polar surface area (TPSA) is 56.4 Å². The van der Waals surface area contributed by atoms with E-state index in [0.29, 0.717) is 40.1 Å². The van der Waals surface area contributed by atoms with E-state index in [1.807, 2.05) is 44.3 Å². The summed E-state index contributed by atoms with van der Waals surface area (Å²) < 4.78 is 0. The Bertz CT molecular complexity index is 1420. The van der Waals surface area contributed by atoms with Crippen molar-refractivity contribution in [1.82, 2.24) is 14.8 Å². The Morgan fingerprint density at radius 1 is 0.892 bits per heavy atom. The number of fused-ring (bicyclic) bond motifs is 1. The van der Waals surface area contributed by atoms with E-state index in [9.17, 15) is 9.59 Å². The van der Waals surface area contributed by atoms with E-state index >= 15 is 0 Å². The average molecular weight is 557 g/mol. The zero-order chi connectivity index (χ0) is 26.5. The van der Waals surface area contributed by atoms with Gasteiger partial charge in [-0.3, -0.25) is 9.59 Å². The van der Waals surface area contributed by atoms with Crippen LogP contribution in [0.25, 0.3) is 10.9 Å². The molecule has 192 valence electrons. The Labute approximate surface area is 231 Å². The molecule has 0 aliphatic rings. The summed E-state index contributed by atoms with van der Waals surface area (Å²) in [6.07, 6.45) is 2.63. The van der Waals surface area contributed by atoms with Crippen LogP contribution in [0.15, 0.2) is 72.9 Å². The molecule has 0 saturated carbocycles. The number of nitrogens with zero attached hydrogens (tertiary/aromatic N) is 2. The van der Waals surface area contributed by atoms with Crippen LogP contribution in [0.3, 0.4) is 0 Å². The predicted octanol–water partition coefficient (Wildman–Crippen LogP) is 7.25. The fourth-order valence-electron chi connectivity index (χ4n) is 4.27. The largest absolute Gasteiger partial charge is 0.361 e. The van der Waals surface area contributed by atoms with Crippen LogP contribution in [0.5, 0.6) is 0 Å². The number of hydrogen-bond donors (Lipinski definition) is 1. The molecule has 0 aliphatic heterocycles. The Kier molecular flexibility index (Phi) is 8.80. The number of benzene rings is 3. The summed E-state index contributed by atoms with van der Waals surface area (Å²) in [5.74, 6) is -0.444. The van der Waals surface area contributed by atoms with Gasteiger partial charge in [0.25, 0.3) is 5.91 Å². The lowest BCUT2D eigenvalue weighted by Gasteiger charge is -2.30. The van der Waals surface area contributed by atoms with Gasteiger partial charge in [-0.25, -0.2) is 0 Å². The molecule has 37 heavy (non-hydrogen) atoms. The van der Waals surface area contributed by atoms with Crippen LogP contribution in [-0.2, 0) is 17.8 Å². The van der Waals surface area contributed by atoms with Gasteiger partial charge in [-0.1, -0.05) is 71.2 Å². The predicted molar refractivity (Wildman–Crippen MR) is 152 cm³/mol. The maximum absolute atomic E-state index is 13.7. The van der Waals surface area contributed by atoms with E-state index in [2.05, 4.69) is 11.1 Å².